The Bertz CT molecular complexity index is 733. The van der Waals surface area contributed by atoms with Gasteiger partial charge in [0.2, 0.25) is 10.0 Å². The van der Waals surface area contributed by atoms with Crippen LogP contribution < -0.4 is 10.5 Å². The first-order valence-electron chi connectivity index (χ1n) is 6.17. The van der Waals surface area contributed by atoms with E-state index in [1.54, 1.807) is 24.3 Å². The highest BCUT2D eigenvalue weighted by Gasteiger charge is 2.16. The molecule has 3 N–H and O–H groups in total. The molecule has 0 atom stereocenters. The maximum Gasteiger partial charge on any atom is 0.241 e. The number of sulfonamides is 1. The third-order valence-electron chi connectivity index (χ3n) is 2.86. The van der Waals surface area contributed by atoms with E-state index in [4.69, 9.17) is 17.3 Å². The Morgan fingerprint density at radius 2 is 1.81 bits per heavy atom. The number of rotatable bonds is 5. The summed E-state index contributed by atoms with van der Waals surface area (Å²) < 4.78 is 27.4. The van der Waals surface area contributed by atoms with Crippen LogP contribution in [0.3, 0.4) is 0 Å². The van der Waals surface area contributed by atoms with Crippen LogP contribution in [-0.4, -0.2) is 15.0 Å². The second kappa shape index (κ2) is 6.79. The zero-order valence-electron chi connectivity index (χ0n) is 11.0. The van der Waals surface area contributed by atoms with Crippen LogP contribution in [0.2, 0.25) is 5.02 Å². The van der Waals surface area contributed by atoms with E-state index >= 15 is 0 Å². The molecule has 0 bridgehead atoms. The fraction of sp³-hybridized carbons (Fsp3) is 0.143. The molecule has 4 nitrogen and oxygen atoms in total. The summed E-state index contributed by atoms with van der Waals surface area (Å²) in [7, 11) is -3.56. The van der Waals surface area contributed by atoms with Gasteiger partial charge in [0.15, 0.2) is 0 Å². The van der Waals surface area contributed by atoms with Crippen molar-refractivity contribution < 1.29 is 8.42 Å². The molecule has 112 valence electrons. The molecule has 0 fully saturated rings. The van der Waals surface area contributed by atoms with Crippen LogP contribution >= 0.6 is 27.5 Å². The summed E-state index contributed by atoms with van der Waals surface area (Å²) in [5.74, 6) is 0. The molecule has 2 rings (SSSR count). The van der Waals surface area contributed by atoms with Gasteiger partial charge in [-0.2, -0.15) is 0 Å². The number of halogens is 2. The summed E-state index contributed by atoms with van der Waals surface area (Å²) in [6.07, 6.45) is 0.586. The maximum absolute atomic E-state index is 12.2. The maximum atomic E-state index is 12.2. The highest BCUT2D eigenvalue weighted by molar-refractivity contribution is 9.10. The van der Waals surface area contributed by atoms with E-state index in [1.165, 1.54) is 6.07 Å². The molecule has 0 aromatic heterocycles. The molecule has 2 aromatic carbocycles. The summed E-state index contributed by atoms with van der Waals surface area (Å²) in [5, 5.41) is 0.658. The summed E-state index contributed by atoms with van der Waals surface area (Å²) in [4.78, 5) is 0.174. The highest BCUT2D eigenvalue weighted by Crippen LogP contribution is 2.24. The van der Waals surface area contributed by atoms with Gasteiger partial charge in [-0.25, -0.2) is 13.1 Å². The molecule has 2 aromatic rings. The minimum atomic E-state index is -3.56. The molecular weight excluding hydrogens is 376 g/mol. The van der Waals surface area contributed by atoms with Crippen LogP contribution in [0, 0.1) is 0 Å². The van der Waals surface area contributed by atoms with Crippen molar-refractivity contribution in [3.05, 3.63) is 57.5 Å². The van der Waals surface area contributed by atoms with Crippen LogP contribution in [0.4, 0.5) is 5.69 Å². The predicted octanol–water partition coefficient (Wildman–Crippen LogP) is 3.21. The number of nitrogen functional groups attached to an aromatic ring is 1. The Kier molecular flexibility index (Phi) is 5.27. The van der Waals surface area contributed by atoms with E-state index in [0.717, 1.165) is 5.56 Å². The van der Waals surface area contributed by atoms with Crippen molar-refractivity contribution in [3.8, 4) is 0 Å². The molecule has 7 heteroatoms. The van der Waals surface area contributed by atoms with Crippen LogP contribution in [0.5, 0.6) is 0 Å². The molecule has 0 unspecified atom stereocenters. The predicted molar refractivity (Wildman–Crippen MR) is 88.9 cm³/mol. The number of nitrogens with one attached hydrogen (secondary N) is 1. The minimum Gasteiger partial charge on any atom is -0.399 e. The number of hydrogen-bond donors (Lipinski definition) is 2. The van der Waals surface area contributed by atoms with Crippen LogP contribution in [0.25, 0.3) is 0 Å². The normalized spacial score (nSPS) is 11.5. The SMILES string of the molecule is Nc1ccc(S(=O)(=O)NCCc2ccc(Cl)cc2)c(Br)c1. The molecule has 0 saturated carbocycles. The molecule has 0 heterocycles. The Hall–Kier alpha value is -1.08. The van der Waals surface area contributed by atoms with Gasteiger partial charge in [0.25, 0.3) is 0 Å². The summed E-state index contributed by atoms with van der Waals surface area (Å²) in [6, 6.07) is 11.9. The molecule has 21 heavy (non-hydrogen) atoms. The fourth-order valence-corrected chi connectivity index (χ4v) is 4.04. The van der Waals surface area contributed by atoms with Crippen molar-refractivity contribution >= 4 is 43.2 Å². The lowest BCUT2D eigenvalue weighted by molar-refractivity contribution is 0.581. The third kappa shape index (κ3) is 4.44. The lowest BCUT2D eigenvalue weighted by Crippen LogP contribution is -2.26. The molecule has 0 aliphatic heterocycles. The standard InChI is InChI=1S/C14H14BrClN2O2S/c15-13-9-12(17)5-6-14(13)21(19,20)18-8-7-10-1-3-11(16)4-2-10/h1-6,9,18H,7-8,17H2. The Morgan fingerprint density at radius 1 is 1.14 bits per heavy atom. The van der Waals surface area contributed by atoms with E-state index in [2.05, 4.69) is 20.7 Å². The highest BCUT2D eigenvalue weighted by atomic mass is 79.9. The molecular formula is C14H14BrClN2O2S. The Morgan fingerprint density at radius 3 is 2.43 bits per heavy atom. The van der Waals surface area contributed by atoms with E-state index in [0.29, 0.717) is 28.1 Å². The zero-order valence-corrected chi connectivity index (χ0v) is 14.2. The van der Waals surface area contributed by atoms with Gasteiger partial charge in [0.05, 0.1) is 4.90 Å². The molecule has 0 spiro atoms. The van der Waals surface area contributed by atoms with Gasteiger partial charge >= 0.3 is 0 Å². The average Bonchev–Trinajstić information content (AvgIpc) is 2.40. The van der Waals surface area contributed by atoms with Crippen LogP contribution in [-0.2, 0) is 16.4 Å². The largest absolute Gasteiger partial charge is 0.399 e. The summed E-state index contributed by atoms with van der Waals surface area (Å²) in [6.45, 7) is 0.306. The molecule has 0 aliphatic rings. The number of anilines is 1. The molecule has 0 amide bonds. The van der Waals surface area contributed by atoms with Crippen molar-refractivity contribution in [1.29, 1.82) is 0 Å². The molecule has 0 aliphatic carbocycles. The minimum absolute atomic E-state index is 0.174. The first-order valence-corrected chi connectivity index (χ1v) is 8.83. The van der Waals surface area contributed by atoms with Crippen molar-refractivity contribution in [1.82, 2.24) is 4.72 Å². The van der Waals surface area contributed by atoms with Gasteiger partial charge in [-0.1, -0.05) is 23.7 Å². The first-order chi connectivity index (χ1) is 9.88. The zero-order chi connectivity index (χ0) is 15.5. The number of nitrogens with two attached hydrogens (primary N) is 1. The van der Waals surface area contributed by atoms with E-state index in [-0.39, 0.29) is 4.90 Å². The van der Waals surface area contributed by atoms with Gasteiger partial charge in [-0.15, -0.1) is 0 Å². The van der Waals surface area contributed by atoms with E-state index < -0.39 is 10.0 Å². The van der Waals surface area contributed by atoms with Crippen LogP contribution in [0.1, 0.15) is 5.56 Å². The number of benzene rings is 2. The molecule has 0 saturated heterocycles. The van der Waals surface area contributed by atoms with Gasteiger partial charge in [0, 0.05) is 21.7 Å². The quantitative estimate of drug-likeness (QED) is 0.771. The second-order valence-electron chi connectivity index (χ2n) is 4.46. The van der Waals surface area contributed by atoms with Gasteiger partial charge in [-0.3, -0.25) is 0 Å². The number of hydrogen-bond acceptors (Lipinski definition) is 3. The smallest absolute Gasteiger partial charge is 0.241 e. The monoisotopic (exact) mass is 388 g/mol. The van der Waals surface area contributed by atoms with Crippen molar-refractivity contribution in [2.24, 2.45) is 0 Å². The van der Waals surface area contributed by atoms with E-state index in [1.807, 2.05) is 12.1 Å². The van der Waals surface area contributed by atoms with Crippen molar-refractivity contribution in [3.63, 3.8) is 0 Å². The lowest BCUT2D eigenvalue weighted by atomic mass is 10.2. The van der Waals surface area contributed by atoms with E-state index in [9.17, 15) is 8.42 Å². The topological polar surface area (TPSA) is 72.2 Å². The first kappa shape index (κ1) is 16.3. The fourth-order valence-electron chi connectivity index (χ4n) is 1.79. The van der Waals surface area contributed by atoms with Crippen molar-refractivity contribution in [2.75, 3.05) is 12.3 Å². The third-order valence-corrected chi connectivity index (χ3v) is 5.55. The second-order valence-corrected chi connectivity index (χ2v) is 7.49. The Balaban J connectivity index is 2.03. The molecule has 0 radical (unpaired) electrons. The van der Waals surface area contributed by atoms with Gasteiger partial charge in [0.1, 0.15) is 0 Å². The summed E-state index contributed by atoms with van der Waals surface area (Å²) >= 11 is 9.02. The van der Waals surface area contributed by atoms with Gasteiger partial charge < -0.3 is 5.73 Å². The van der Waals surface area contributed by atoms with Crippen LogP contribution in [0.15, 0.2) is 51.8 Å². The Labute approximate surface area is 137 Å². The summed E-state index contributed by atoms with van der Waals surface area (Å²) in [5.41, 5.74) is 7.12. The lowest BCUT2D eigenvalue weighted by Gasteiger charge is -2.09. The van der Waals surface area contributed by atoms with Crippen molar-refractivity contribution in [2.45, 2.75) is 11.3 Å². The van der Waals surface area contributed by atoms with Gasteiger partial charge in [-0.05, 0) is 58.2 Å². The average molecular weight is 390 g/mol.